The number of esters is 2. The number of carbonyl (C=O) groups excluding carboxylic acids is 2. The zero-order valence-electron chi connectivity index (χ0n) is 12.5. The van der Waals surface area contributed by atoms with Crippen LogP contribution in [0.25, 0.3) is 0 Å². The first kappa shape index (κ1) is 17.2. The third-order valence-electron chi connectivity index (χ3n) is 2.52. The maximum absolute atomic E-state index is 11.4. The summed E-state index contributed by atoms with van der Waals surface area (Å²) in [6.45, 7) is 8.26. The molecule has 0 heterocycles. The lowest BCUT2D eigenvalue weighted by molar-refractivity contribution is -0.144. The minimum absolute atomic E-state index is 0.131. The highest BCUT2D eigenvalue weighted by Crippen LogP contribution is 2.07. The summed E-state index contributed by atoms with van der Waals surface area (Å²) in [5, 5.41) is 0. The number of nitrogens with zero attached hydrogens (tertiary/aromatic N) is 1. The van der Waals surface area contributed by atoms with Gasteiger partial charge in [-0.15, -0.1) is 0 Å². The molecule has 0 aliphatic rings. The molecule has 0 radical (unpaired) electrons. The van der Waals surface area contributed by atoms with Gasteiger partial charge in [-0.1, -0.05) is 0 Å². The quantitative estimate of drug-likeness (QED) is 0.242. The van der Waals surface area contributed by atoms with Gasteiger partial charge in [-0.3, -0.25) is 0 Å². The van der Waals surface area contributed by atoms with E-state index in [0.717, 1.165) is 0 Å². The standard InChI is InChI=1S/C14H23NO4/c1-10(2)15(11(3)4)9-7-8-12(13(16)18-5)14(17)19-6/h7-11H,1-6H3. The largest absolute Gasteiger partial charge is 0.465 e. The lowest BCUT2D eigenvalue weighted by Gasteiger charge is -2.28. The van der Waals surface area contributed by atoms with Crippen LogP contribution in [0, 0.1) is 0 Å². The van der Waals surface area contributed by atoms with Crippen LogP contribution in [0.2, 0.25) is 0 Å². The van der Waals surface area contributed by atoms with Crippen molar-refractivity contribution in [2.45, 2.75) is 39.8 Å². The van der Waals surface area contributed by atoms with Gasteiger partial charge >= 0.3 is 11.9 Å². The van der Waals surface area contributed by atoms with Gasteiger partial charge in [0.2, 0.25) is 0 Å². The zero-order chi connectivity index (χ0) is 15.0. The molecule has 5 nitrogen and oxygen atoms in total. The Kier molecular flexibility index (Phi) is 7.56. The average molecular weight is 269 g/mol. The van der Waals surface area contributed by atoms with Crippen molar-refractivity contribution in [3.8, 4) is 0 Å². The Morgan fingerprint density at radius 1 is 0.947 bits per heavy atom. The molecule has 5 heteroatoms. The topological polar surface area (TPSA) is 55.8 Å². The van der Waals surface area contributed by atoms with E-state index in [4.69, 9.17) is 0 Å². The molecule has 108 valence electrons. The van der Waals surface area contributed by atoms with Crippen molar-refractivity contribution in [3.63, 3.8) is 0 Å². The van der Waals surface area contributed by atoms with Crippen LogP contribution < -0.4 is 0 Å². The van der Waals surface area contributed by atoms with Crippen LogP contribution in [0.3, 0.4) is 0 Å². The van der Waals surface area contributed by atoms with Crippen LogP contribution in [0.5, 0.6) is 0 Å². The fraction of sp³-hybridized carbons (Fsp3) is 0.571. The van der Waals surface area contributed by atoms with Crippen LogP contribution >= 0.6 is 0 Å². The molecule has 0 bridgehead atoms. The van der Waals surface area contributed by atoms with E-state index in [1.165, 1.54) is 20.3 Å². The Morgan fingerprint density at radius 3 is 1.68 bits per heavy atom. The Morgan fingerprint density at radius 2 is 1.37 bits per heavy atom. The van der Waals surface area contributed by atoms with Gasteiger partial charge in [0.15, 0.2) is 0 Å². The fourth-order valence-corrected chi connectivity index (χ4v) is 1.62. The Hall–Kier alpha value is -1.78. The number of allylic oxidation sites excluding steroid dienone is 2. The monoisotopic (exact) mass is 269 g/mol. The summed E-state index contributed by atoms with van der Waals surface area (Å²) in [5.74, 6) is -1.42. The molecule has 0 atom stereocenters. The lowest BCUT2D eigenvalue weighted by Crippen LogP contribution is -2.31. The molecule has 0 unspecified atom stereocenters. The SMILES string of the molecule is COC(=O)C(=CC=CN(C(C)C)C(C)C)C(=O)OC. The van der Waals surface area contributed by atoms with Crippen LogP contribution in [0.4, 0.5) is 0 Å². The number of hydrogen-bond acceptors (Lipinski definition) is 5. The number of carbonyl (C=O) groups is 2. The summed E-state index contributed by atoms with van der Waals surface area (Å²) in [4.78, 5) is 24.9. The predicted molar refractivity (Wildman–Crippen MR) is 73.4 cm³/mol. The first-order valence-corrected chi connectivity index (χ1v) is 6.17. The number of rotatable bonds is 6. The van der Waals surface area contributed by atoms with E-state index in [0.29, 0.717) is 12.1 Å². The molecule has 0 saturated heterocycles. The molecule has 0 aromatic rings. The highest BCUT2D eigenvalue weighted by molar-refractivity contribution is 6.14. The van der Waals surface area contributed by atoms with E-state index in [-0.39, 0.29) is 5.57 Å². The number of ether oxygens (including phenoxy) is 2. The normalized spacial score (nSPS) is 10.7. The summed E-state index contributed by atoms with van der Waals surface area (Å²) >= 11 is 0. The van der Waals surface area contributed by atoms with E-state index >= 15 is 0 Å². The summed E-state index contributed by atoms with van der Waals surface area (Å²) in [5.41, 5.74) is -0.131. The Bertz CT molecular complexity index is 344. The minimum atomic E-state index is -0.711. The van der Waals surface area contributed by atoms with E-state index in [2.05, 4.69) is 42.1 Å². The van der Waals surface area contributed by atoms with Crippen molar-refractivity contribution in [1.82, 2.24) is 4.90 Å². The van der Waals surface area contributed by atoms with Gasteiger partial charge in [0.25, 0.3) is 0 Å². The molecule has 0 spiro atoms. The minimum Gasteiger partial charge on any atom is -0.465 e. The number of hydrogen-bond donors (Lipinski definition) is 0. The Labute approximate surface area is 114 Å². The highest BCUT2D eigenvalue weighted by Gasteiger charge is 2.18. The molecule has 0 fully saturated rings. The molecule has 0 aromatic heterocycles. The molecule has 19 heavy (non-hydrogen) atoms. The molecule has 0 amide bonds. The molecule has 0 aliphatic heterocycles. The second-order valence-corrected chi connectivity index (χ2v) is 4.54. The van der Waals surface area contributed by atoms with E-state index in [1.807, 2.05) is 6.20 Å². The van der Waals surface area contributed by atoms with Crippen molar-refractivity contribution in [2.75, 3.05) is 14.2 Å². The first-order chi connectivity index (χ1) is 8.84. The second-order valence-electron chi connectivity index (χ2n) is 4.54. The molecular formula is C14H23NO4. The Balaban J connectivity index is 5.06. The second kappa shape index (κ2) is 8.34. The summed E-state index contributed by atoms with van der Waals surface area (Å²) < 4.78 is 9.06. The van der Waals surface area contributed by atoms with Gasteiger partial charge in [-0.25, -0.2) is 9.59 Å². The van der Waals surface area contributed by atoms with Crippen molar-refractivity contribution >= 4 is 11.9 Å². The van der Waals surface area contributed by atoms with Crippen LogP contribution in [0.1, 0.15) is 27.7 Å². The summed E-state index contributed by atoms with van der Waals surface area (Å²) in [6, 6.07) is 0.647. The summed E-state index contributed by atoms with van der Waals surface area (Å²) in [7, 11) is 2.44. The van der Waals surface area contributed by atoms with Crippen molar-refractivity contribution in [1.29, 1.82) is 0 Å². The highest BCUT2D eigenvalue weighted by atomic mass is 16.5. The lowest BCUT2D eigenvalue weighted by atomic mass is 10.2. The maximum atomic E-state index is 11.4. The zero-order valence-corrected chi connectivity index (χ0v) is 12.5. The van der Waals surface area contributed by atoms with Crippen molar-refractivity contribution < 1.29 is 19.1 Å². The molecule has 0 aliphatic carbocycles. The molecular weight excluding hydrogens is 246 g/mol. The van der Waals surface area contributed by atoms with Crippen molar-refractivity contribution in [3.05, 3.63) is 23.9 Å². The van der Waals surface area contributed by atoms with Gasteiger partial charge in [-0.05, 0) is 46.0 Å². The van der Waals surface area contributed by atoms with Crippen LogP contribution in [-0.4, -0.2) is 43.1 Å². The first-order valence-electron chi connectivity index (χ1n) is 6.17. The average Bonchev–Trinajstić information content (AvgIpc) is 2.36. The number of methoxy groups -OCH3 is 2. The summed E-state index contributed by atoms with van der Waals surface area (Å²) in [6.07, 6.45) is 4.87. The van der Waals surface area contributed by atoms with Gasteiger partial charge in [0.1, 0.15) is 5.57 Å². The molecule has 0 saturated carbocycles. The van der Waals surface area contributed by atoms with Crippen molar-refractivity contribution in [2.24, 2.45) is 0 Å². The predicted octanol–water partition coefficient (Wildman–Crippen LogP) is 1.89. The third kappa shape index (κ3) is 5.59. The van der Waals surface area contributed by atoms with Gasteiger partial charge < -0.3 is 14.4 Å². The van der Waals surface area contributed by atoms with E-state index in [1.54, 1.807) is 6.08 Å². The molecule has 0 aromatic carbocycles. The maximum Gasteiger partial charge on any atom is 0.345 e. The van der Waals surface area contributed by atoms with E-state index in [9.17, 15) is 9.59 Å². The van der Waals surface area contributed by atoms with Gasteiger partial charge in [-0.2, -0.15) is 0 Å². The smallest absolute Gasteiger partial charge is 0.345 e. The molecule has 0 N–H and O–H groups in total. The molecule has 0 rings (SSSR count). The third-order valence-corrected chi connectivity index (χ3v) is 2.52. The van der Waals surface area contributed by atoms with Gasteiger partial charge in [0.05, 0.1) is 14.2 Å². The van der Waals surface area contributed by atoms with E-state index < -0.39 is 11.9 Å². The fourth-order valence-electron chi connectivity index (χ4n) is 1.62. The van der Waals surface area contributed by atoms with Crippen LogP contribution in [-0.2, 0) is 19.1 Å². The van der Waals surface area contributed by atoms with Gasteiger partial charge in [0, 0.05) is 12.1 Å². The van der Waals surface area contributed by atoms with Crippen LogP contribution in [0.15, 0.2) is 23.9 Å².